The Morgan fingerprint density at radius 3 is 1.50 bits per heavy atom. The molecule has 0 fully saturated rings. The van der Waals surface area contributed by atoms with Gasteiger partial charge < -0.3 is 0 Å². The van der Waals surface area contributed by atoms with E-state index in [1.165, 1.54) is 0 Å². The van der Waals surface area contributed by atoms with Gasteiger partial charge >= 0.3 is 0 Å². The smallest absolute Gasteiger partial charge is 0.0257 e. The van der Waals surface area contributed by atoms with Crippen molar-refractivity contribution in [1.29, 1.82) is 0 Å². The number of hydrogen-bond donors (Lipinski definition) is 0. The molecule has 0 aromatic heterocycles. The normalized spacial score (nSPS) is 6.50. The maximum Gasteiger partial charge on any atom is -0.0257 e. The molecule has 0 unspecified atom stereocenters. The summed E-state index contributed by atoms with van der Waals surface area (Å²) in [5.41, 5.74) is 0. The highest BCUT2D eigenvalue weighted by Gasteiger charge is 1.54. The monoisotopic (exact) mass is 88.0 g/mol. The summed E-state index contributed by atoms with van der Waals surface area (Å²) in [6, 6.07) is 0. The van der Waals surface area contributed by atoms with E-state index in [1.54, 1.807) is 0 Å². The fourth-order valence-electron chi connectivity index (χ4n) is 0. The Hall–Kier alpha value is 0.434. The highest BCUT2D eigenvalue weighted by molar-refractivity contribution is 6.75. The van der Waals surface area contributed by atoms with Gasteiger partial charge in [-0.05, 0) is 17.2 Å². The van der Waals surface area contributed by atoms with Crippen LogP contribution < -0.4 is 0 Å². The fourth-order valence-corrected chi connectivity index (χ4v) is 0. The van der Waals surface area contributed by atoms with E-state index in [9.17, 15) is 0 Å². The Kier molecular flexibility index (Phi) is 1.91. The quantitative estimate of drug-likeness (QED) is 0.362. The Labute approximate surface area is 31.2 Å². The molecule has 0 amide bonds. The van der Waals surface area contributed by atoms with Gasteiger partial charge in [-0.1, -0.05) is 13.1 Å². The van der Waals surface area contributed by atoms with Crippen molar-refractivity contribution in [3.05, 3.63) is 0 Å². The molecule has 0 heterocycles. The van der Waals surface area contributed by atoms with Crippen LogP contribution in [0.2, 0.25) is 13.1 Å². The summed E-state index contributed by atoms with van der Waals surface area (Å²) in [6.45, 7) is 4.56. The van der Waals surface area contributed by atoms with Gasteiger partial charge in [0.05, 0.1) is 0 Å². The molecular formula is C2H8Si2. The summed E-state index contributed by atoms with van der Waals surface area (Å²) in [5.74, 6) is 0. The third-order valence-corrected chi connectivity index (χ3v) is 0. The van der Waals surface area contributed by atoms with Gasteiger partial charge in [0, 0.05) is 0 Å². The molecule has 0 bridgehead atoms. The van der Waals surface area contributed by atoms with Gasteiger partial charge in [0.15, 0.2) is 0 Å². The molecular weight excluding hydrogens is 80.2 g/mol. The Morgan fingerprint density at radius 1 is 1.50 bits per heavy atom. The molecule has 0 saturated carbocycles. The van der Waals surface area contributed by atoms with Gasteiger partial charge in [-0.2, -0.15) is 0 Å². The van der Waals surface area contributed by atoms with Crippen LogP contribution in [0, 0.1) is 0 Å². The third kappa shape index (κ3) is 26.6. The van der Waals surface area contributed by atoms with Crippen molar-refractivity contribution in [2.24, 2.45) is 0 Å². The van der Waals surface area contributed by atoms with E-state index in [0.717, 1.165) is 0 Å². The Morgan fingerprint density at radius 2 is 1.50 bits per heavy atom. The second-order valence-corrected chi connectivity index (χ2v) is 7.86. The van der Waals surface area contributed by atoms with E-state index in [2.05, 4.69) is 22.4 Å². The Balaban J connectivity index is 2.80. The third-order valence-electron chi connectivity index (χ3n) is 0. The zero-order valence-electron chi connectivity index (χ0n) is 3.21. The number of hydrogen-bond acceptors (Lipinski definition) is 0. The molecule has 4 heavy (non-hydrogen) atoms. The van der Waals surface area contributed by atoms with Crippen molar-refractivity contribution in [3.63, 3.8) is 0 Å². The average Bonchev–Trinajstić information content (AvgIpc) is 0.811. The van der Waals surface area contributed by atoms with Crippen molar-refractivity contribution >= 4 is 17.2 Å². The van der Waals surface area contributed by atoms with Gasteiger partial charge in [0.2, 0.25) is 0 Å². The maximum atomic E-state index is 2.28. The minimum Gasteiger partial charge on any atom is -0.0604 e. The lowest BCUT2D eigenvalue weighted by Crippen LogP contribution is -1.76. The minimum absolute atomic E-state index is 0.148. The summed E-state index contributed by atoms with van der Waals surface area (Å²) in [7, 11) is 2.25. The van der Waals surface area contributed by atoms with E-state index in [-0.39, 0.29) is 7.89 Å². The lowest BCUT2D eigenvalue weighted by atomic mass is 11.9. The minimum atomic E-state index is 0.148. The molecule has 2 heteroatoms. The van der Waals surface area contributed by atoms with Crippen LogP contribution in [0.15, 0.2) is 0 Å². The SMILES string of the molecule is C[Si](C)=[SiH2]. The van der Waals surface area contributed by atoms with Crippen molar-refractivity contribution in [3.8, 4) is 0 Å². The Bertz CT molecular complexity index is 27.0. The van der Waals surface area contributed by atoms with Crippen molar-refractivity contribution < 1.29 is 0 Å². The largest absolute Gasteiger partial charge is 0.0604 e. The van der Waals surface area contributed by atoms with Gasteiger partial charge in [0.1, 0.15) is 0 Å². The first kappa shape index (κ1) is 4.43. The molecule has 0 N–H and O–H groups in total. The molecule has 0 radical (unpaired) electrons. The molecule has 0 aliphatic heterocycles. The van der Waals surface area contributed by atoms with Crippen molar-refractivity contribution in [2.45, 2.75) is 13.1 Å². The standard InChI is InChI=1S/C2H8Si2/c1-4(2)3/h3H2,1-2H3. The molecule has 0 aromatic rings. The first-order valence-electron chi connectivity index (χ1n) is 1.35. The topological polar surface area (TPSA) is 0 Å². The molecule has 0 aliphatic carbocycles. The molecule has 0 spiro atoms. The van der Waals surface area contributed by atoms with Gasteiger partial charge in [-0.25, -0.2) is 0 Å². The summed E-state index contributed by atoms with van der Waals surface area (Å²) >= 11 is 0. The van der Waals surface area contributed by atoms with Gasteiger partial charge in [-0.15, -0.1) is 0 Å². The van der Waals surface area contributed by atoms with Crippen LogP contribution in [0.1, 0.15) is 0 Å². The second-order valence-electron chi connectivity index (χ2n) is 1.21. The average molecular weight is 88.3 g/mol. The van der Waals surface area contributed by atoms with E-state index in [4.69, 9.17) is 0 Å². The fraction of sp³-hybridized carbons (Fsp3) is 1.00. The predicted octanol–water partition coefficient (Wildman–Crippen LogP) is -0.129. The summed E-state index contributed by atoms with van der Waals surface area (Å²) in [5, 5.41) is 0. The lowest BCUT2D eigenvalue weighted by molar-refractivity contribution is 2.12. The zero-order valence-corrected chi connectivity index (χ0v) is 5.62. The molecule has 0 aliphatic rings. The molecule has 0 aromatic carbocycles. The molecule has 0 nitrogen and oxygen atoms in total. The van der Waals surface area contributed by atoms with E-state index in [1.807, 2.05) is 0 Å². The highest BCUT2D eigenvalue weighted by Crippen LogP contribution is 1.48. The van der Waals surface area contributed by atoms with Crippen molar-refractivity contribution in [2.75, 3.05) is 0 Å². The summed E-state index contributed by atoms with van der Waals surface area (Å²) in [6.07, 6.45) is 0. The molecule has 0 saturated heterocycles. The maximum absolute atomic E-state index is 2.28. The van der Waals surface area contributed by atoms with E-state index >= 15 is 0 Å². The second kappa shape index (κ2) is 1.72. The predicted molar refractivity (Wildman–Crippen MR) is 26.0 cm³/mol. The van der Waals surface area contributed by atoms with Crippen LogP contribution in [0.3, 0.4) is 0 Å². The van der Waals surface area contributed by atoms with Gasteiger partial charge in [-0.3, -0.25) is 0 Å². The summed E-state index contributed by atoms with van der Waals surface area (Å²) in [4.78, 5) is 0. The van der Waals surface area contributed by atoms with E-state index in [0.29, 0.717) is 0 Å². The first-order chi connectivity index (χ1) is 1.73. The van der Waals surface area contributed by atoms with Gasteiger partial charge in [0.25, 0.3) is 0 Å². The molecule has 0 rings (SSSR count). The summed E-state index contributed by atoms with van der Waals surface area (Å²) < 4.78 is 0. The van der Waals surface area contributed by atoms with Crippen LogP contribution in [0.4, 0.5) is 0 Å². The first-order valence-corrected chi connectivity index (χ1v) is 6.18. The van der Waals surface area contributed by atoms with E-state index < -0.39 is 0 Å². The van der Waals surface area contributed by atoms with Crippen LogP contribution >= 0.6 is 0 Å². The molecule has 0 atom stereocenters. The van der Waals surface area contributed by atoms with Crippen LogP contribution in [-0.4, -0.2) is 17.2 Å². The number of rotatable bonds is 0. The van der Waals surface area contributed by atoms with Crippen LogP contribution in [0.25, 0.3) is 0 Å². The molecule has 24 valence electrons. The van der Waals surface area contributed by atoms with Crippen LogP contribution in [-0.2, 0) is 0 Å². The van der Waals surface area contributed by atoms with Crippen molar-refractivity contribution in [1.82, 2.24) is 0 Å². The highest BCUT2D eigenvalue weighted by atomic mass is 28.9. The zero-order chi connectivity index (χ0) is 3.58. The lowest BCUT2D eigenvalue weighted by Gasteiger charge is -1.62. The van der Waals surface area contributed by atoms with Crippen LogP contribution in [0.5, 0.6) is 0 Å².